The Morgan fingerprint density at radius 3 is 2.53 bits per heavy atom. The van der Waals surface area contributed by atoms with E-state index in [2.05, 4.69) is 0 Å². The maximum absolute atomic E-state index is 13.2. The number of nitrogens with zero attached hydrogens (tertiary/aromatic N) is 1. The number of rotatable bonds is 4. The van der Waals surface area contributed by atoms with Gasteiger partial charge in [0, 0.05) is 18.5 Å². The van der Waals surface area contributed by atoms with Crippen molar-refractivity contribution >= 4 is 40.7 Å². The number of benzene rings is 3. The SMILES string of the molecule is C[C@@H]1Cc2cc(/C(O)=C3\C(=O)C(=O)N(Cc4ccccc4)[C@H]3c3ccc(Cl)c(Cl)c3)ccc2O1. The van der Waals surface area contributed by atoms with Crippen molar-refractivity contribution in [3.63, 3.8) is 0 Å². The number of ether oxygens (including phenoxy) is 1. The second-order valence-electron chi connectivity index (χ2n) is 8.54. The molecule has 3 aromatic carbocycles. The Bertz CT molecular complexity index is 1340. The zero-order valence-corrected chi connectivity index (χ0v) is 19.8. The van der Waals surface area contributed by atoms with E-state index in [0.29, 0.717) is 27.6 Å². The molecule has 2 atom stereocenters. The van der Waals surface area contributed by atoms with E-state index in [-0.39, 0.29) is 24.0 Å². The average Bonchev–Trinajstić information content (AvgIpc) is 3.32. The Hall–Kier alpha value is -3.28. The maximum atomic E-state index is 13.2. The summed E-state index contributed by atoms with van der Waals surface area (Å²) in [6, 6.07) is 18.8. The van der Waals surface area contributed by atoms with Crippen LogP contribution in [0.5, 0.6) is 5.75 Å². The van der Waals surface area contributed by atoms with E-state index in [0.717, 1.165) is 16.9 Å². The largest absolute Gasteiger partial charge is 0.507 e. The number of amides is 1. The van der Waals surface area contributed by atoms with Gasteiger partial charge in [0.2, 0.25) is 0 Å². The minimum Gasteiger partial charge on any atom is -0.507 e. The molecule has 5 rings (SSSR count). The van der Waals surface area contributed by atoms with Gasteiger partial charge in [-0.15, -0.1) is 0 Å². The molecule has 1 amide bonds. The summed E-state index contributed by atoms with van der Waals surface area (Å²) in [6.45, 7) is 2.17. The first-order valence-electron chi connectivity index (χ1n) is 10.9. The fourth-order valence-corrected chi connectivity index (χ4v) is 4.88. The van der Waals surface area contributed by atoms with Gasteiger partial charge in [-0.2, -0.15) is 0 Å². The molecule has 0 radical (unpaired) electrons. The van der Waals surface area contributed by atoms with Crippen LogP contribution >= 0.6 is 23.2 Å². The highest BCUT2D eigenvalue weighted by Crippen LogP contribution is 2.42. The first-order valence-corrected chi connectivity index (χ1v) is 11.7. The zero-order valence-electron chi connectivity index (χ0n) is 18.3. The normalized spacial score (nSPS) is 21.0. The first kappa shape index (κ1) is 22.5. The van der Waals surface area contributed by atoms with Crippen LogP contribution in [-0.4, -0.2) is 27.8 Å². The third-order valence-corrected chi connectivity index (χ3v) is 6.90. The molecule has 0 unspecified atom stereocenters. The summed E-state index contributed by atoms with van der Waals surface area (Å²) in [6.07, 6.45) is 0.745. The van der Waals surface area contributed by atoms with Crippen molar-refractivity contribution < 1.29 is 19.4 Å². The minimum atomic E-state index is -0.821. The number of ketones is 1. The van der Waals surface area contributed by atoms with Gasteiger partial charge in [0.15, 0.2) is 0 Å². The van der Waals surface area contributed by atoms with E-state index in [1.165, 1.54) is 4.90 Å². The fourth-order valence-electron chi connectivity index (χ4n) is 4.58. The number of fused-ring (bicyclic) bond motifs is 1. The summed E-state index contributed by atoms with van der Waals surface area (Å²) >= 11 is 12.4. The fraction of sp³-hybridized carbons (Fsp3) is 0.185. The number of Topliss-reactive ketones (excluding diaryl/α,β-unsaturated/α-hetero) is 1. The van der Waals surface area contributed by atoms with Crippen LogP contribution in [0.1, 0.15) is 35.2 Å². The summed E-state index contributed by atoms with van der Waals surface area (Å²) in [7, 11) is 0. The number of aliphatic hydroxyl groups is 1. The lowest BCUT2D eigenvalue weighted by atomic mass is 9.94. The van der Waals surface area contributed by atoms with Crippen LogP contribution in [0.25, 0.3) is 5.76 Å². The quantitative estimate of drug-likeness (QED) is 0.277. The zero-order chi connectivity index (χ0) is 24.0. The standard InChI is InChI=1S/C27H21Cl2NO4/c1-15-11-19-12-18(8-10-22(19)34-15)25(31)23-24(17-7-9-20(28)21(29)13-17)30(27(33)26(23)32)14-16-5-3-2-4-6-16/h2-10,12-13,15,24,31H,11,14H2,1H3/b25-23+/t15-,24+/m1/s1. The summed E-state index contributed by atoms with van der Waals surface area (Å²) in [5.74, 6) is -0.892. The molecule has 0 saturated carbocycles. The molecule has 2 aliphatic heterocycles. The smallest absolute Gasteiger partial charge is 0.295 e. The first-order chi connectivity index (χ1) is 16.3. The van der Waals surface area contributed by atoms with Crippen molar-refractivity contribution in [2.75, 3.05) is 0 Å². The van der Waals surface area contributed by atoms with Crippen LogP contribution in [0.4, 0.5) is 0 Å². The Morgan fingerprint density at radius 2 is 1.79 bits per heavy atom. The lowest BCUT2D eigenvalue weighted by Crippen LogP contribution is -2.29. The topological polar surface area (TPSA) is 66.8 Å². The lowest BCUT2D eigenvalue weighted by molar-refractivity contribution is -0.140. The van der Waals surface area contributed by atoms with Crippen molar-refractivity contribution in [2.45, 2.75) is 32.0 Å². The van der Waals surface area contributed by atoms with Crippen molar-refractivity contribution in [2.24, 2.45) is 0 Å². The predicted octanol–water partition coefficient (Wildman–Crippen LogP) is 5.94. The third-order valence-electron chi connectivity index (χ3n) is 6.16. The number of likely N-dealkylation sites (tertiary alicyclic amines) is 1. The van der Waals surface area contributed by atoms with E-state index in [9.17, 15) is 14.7 Å². The molecule has 0 aromatic heterocycles. The highest BCUT2D eigenvalue weighted by Gasteiger charge is 2.46. The number of hydrogen-bond acceptors (Lipinski definition) is 4. The van der Waals surface area contributed by atoms with Gasteiger partial charge >= 0.3 is 0 Å². The molecule has 1 N–H and O–H groups in total. The number of halogens is 2. The second-order valence-corrected chi connectivity index (χ2v) is 9.36. The molecule has 3 aromatic rings. The van der Waals surface area contributed by atoms with Crippen molar-refractivity contribution in [3.8, 4) is 5.75 Å². The van der Waals surface area contributed by atoms with E-state index in [1.807, 2.05) is 43.3 Å². The summed E-state index contributed by atoms with van der Waals surface area (Å²) in [5.41, 5.74) is 2.87. The van der Waals surface area contributed by atoms with Gasteiger partial charge in [0.1, 0.15) is 17.6 Å². The van der Waals surface area contributed by atoms with Crippen LogP contribution in [0, 0.1) is 0 Å². The van der Waals surface area contributed by atoms with Crippen molar-refractivity contribution in [3.05, 3.63) is 105 Å². The number of carbonyl (C=O) groups excluding carboxylic acids is 2. The van der Waals surface area contributed by atoms with Crippen molar-refractivity contribution in [1.29, 1.82) is 0 Å². The monoisotopic (exact) mass is 493 g/mol. The summed E-state index contributed by atoms with van der Waals surface area (Å²) in [5, 5.41) is 12.0. The Balaban J connectivity index is 1.65. The Labute approximate surface area is 207 Å². The molecule has 0 bridgehead atoms. The summed E-state index contributed by atoms with van der Waals surface area (Å²) < 4.78 is 5.75. The minimum absolute atomic E-state index is 0.0197. The van der Waals surface area contributed by atoms with Crippen LogP contribution in [0.2, 0.25) is 10.0 Å². The number of carbonyl (C=O) groups is 2. The van der Waals surface area contributed by atoms with Gasteiger partial charge < -0.3 is 14.7 Å². The van der Waals surface area contributed by atoms with Crippen LogP contribution in [0.15, 0.2) is 72.3 Å². The van der Waals surface area contributed by atoms with Gasteiger partial charge in [-0.25, -0.2) is 0 Å². The lowest BCUT2D eigenvalue weighted by Gasteiger charge is -2.25. The molecule has 172 valence electrons. The van der Waals surface area contributed by atoms with E-state index in [1.54, 1.807) is 30.3 Å². The molecular formula is C27H21Cl2NO4. The van der Waals surface area contributed by atoms with Crippen molar-refractivity contribution in [1.82, 2.24) is 4.90 Å². The van der Waals surface area contributed by atoms with Crippen LogP contribution in [-0.2, 0) is 22.6 Å². The molecule has 2 heterocycles. The van der Waals surface area contributed by atoms with E-state index < -0.39 is 17.7 Å². The molecule has 0 aliphatic carbocycles. The maximum Gasteiger partial charge on any atom is 0.295 e. The Kier molecular flexibility index (Phi) is 5.84. The second kappa shape index (κ2) is 8.82. The van der Waals surface area contributed by atoms with Gasteiger partial charge in [-0.3, -0.25) is 9.59 Å². The summed E-state index contributed by atoms with van der Waals surface area (Å²) in [4.78, 5) is 27.9. The van der Waals surface area contributed by atoms with Gasteiger partial charge in [-0.05, 0) is 53.9 Å². The highest BCUT2D eigenvalue weighted by molar-refractivity contribution is 6.46. The third kappa shape index (κ3) is 3.95. The van der Waals surface area contributed by atoms with E-state index in [4.69, 9.17) is 27.9 Å². The molecule has 0 spiro atoms. The predicted molar refractivity (Wildman–Crippen MR) is 131 cm³/mol. The average molecular weight is 494 g/mol. The Morgan fingerprint density at radius 1 is 1.03 bits per heavy atom. The van der Waals surface area contributed by atoms with Gasteiger partial charge in [0.25, 0.3) is 11.7 Å². The van der Waals surface area contributed by atoms with E-state index >= 15 is 0 Å². The molecule has 5 nitrogen and oxygen atoms in total. The highest BCUT2D eigenvalue weighted by atomic mass is 35.5. The van der Waals surface area contributed by atoms with Crippen LogP contribution in [0.3, 0.4) is 0 Å². The molecule has 1 saturated heterocycles. The molecule has 7 heteroatoms. The number of aliphatic hydroxyl groups excluding tert-OH is 1. The molecule has 1 fully saturated rings. The van der Waals surface area contributed by atoms with Gasteiger partial charge in [0.05, 0.1) is 21.7 Å². The molecule has 34 heavy (non-hydrogen) atoms. The van der Waals surface area contributed by atoms with Gasteiger partial charge in [-0.1, -0.05) is 59.6 Å². The van der Waals surface area contributed by atoms with Crippen LogP contribution < -0.4 is 4.74 Å². The molecular weight excluding hydrogens is 473 g/mol. The number of hydrogen-bond donors (Lipinski definition) is 1. The molecule has 2 aliphatic rings.